The van der Waals surface area contributed by atoms with Crippen molar-refractivity contribution in [2.24, 2.45) is 0 Å². The minimum Gasteiger partial charge on any atom is -0.387 e. The molecular formula is C22H32O10. The molecule has 5 aliphatic heterocycles. The monoisotopic (exact) mass is 456 g/mol. The Morgan fingerprint density at radius 3 is 1.62 bits per heavy atom. The van der Waals surface area contributed by atoms with Crippen molar-refractivity contribution in [2.75, 3.05) is 0 Å². The van der Waals surface area contributed by atoms with E-state index in [1.165, 1.54) is 6.42 Å². The maximum Gasteiger partial charge on any atom is 0.190 e. The van der Waals surface area contributed by atoms with E-state index in [0.717, 1.165) is 57.8 Å². The van der Waals surface area contributed by atoms with Gasteiger partial charge in [-0.05, 0) is 25.7 Å². The van der Waals surface area contributed by atoms with Crippen LogP contribution in [0.25, 0.3) is 0 Å². The molecule has 7 aliphatic rings. The summed E-state index contributed by atoms with van der Waals surface area (Å²) < 4.78 is 48.5. The number of aliphatic hydroxyl groups is 2. The predicted molar refractivity (Wildman–Crippen MR) is 103 cm³/mol. The average molecular weight is 456 g/mol. The van der Waals surface area contributed by atoms with Crippen molar-refractivity contribution in [3.63, 3.8) is 0 Å². The van der Waals surface area contributed by atoms with Crippen molar-refractivity contribution in [1.82, 2.24) is 0 Å². The fraction of sp³-hybridized carbons (Fsp3) is 1.00. The zero-order valence-electron chi connectivity index (χ0n) is 18.0. The topological polar surface area (TPSA) is 114 Å². The second kappa shape index (κ2) is 7.55. The van der Waals surface area contributed by atoms with Gasteiger partial charge in [-0.2, -0.15) is 0 Å². The van der Waals surface area contributed by atoms with Crippen LogP contribution in [0, 0.1) is 0 Å². The van der Waals surface area contributed by atoms with E-state index in [0.29, 0.717) is 0 Å². The smallest absolute Gasteiger partial charge is 0.190 e. The Balaban J connectivity index is 1.05. The minimum atomic E-state index is -1.25. The summed E-state index contributed by atoms with van der Waals surface area (Å²) in [5, 5.41) is 21.6. The van der Waals surface area contributed by atoms with Gasteiger partial charge in [-0.15, -0.1) is 0 Å². The molecule has 2 saturated carbocycles. The zero-order chi connectivity index (χ0) is 21.5. The lowest BCUT2D eigenvalue weighted by Gasteiger charge is -2.41. The lowest BCUT2D eigenvalue weighted by molar-refractivity contribution is -0.376. The van der Waals surface area contributed by atoms with Crippen molar-refractivity contribution < 1.29 is 48.1 Å². The van der Waals surface area contributed by atoms with Crippen LogP contribution in [0.5, 0.6) is 0 Å². The summed E-state index contributed by atoms with van der Waals surface area (Å²) in [4.78, 5) is 0. The molecular weight excluding hydrogens is 424 g/mol. The van der Waals surface area contributed by atoms with E-state index in [2.05, 4.69) is 0 Å². The Morgan fingerprint density at radius 1 is 0.469 bits per heavy atom. The highest BCUT2D eigenvalue weighted by Crippen LogP contribution is 2.49. The molecule has 0 unspecified atom stereocenters. The molecule has 0 aromatic rings. The summed E-state index contributed by atoms with van der Waals surface area (Å²) in [6, 6.07) is 0. The first-order valence-corrected chi connectivity index (χ1v) is 12.2. The predicted octanol–water partition coefficient (Wildman–Crippen LogP) is 1.01. The Bertz CT molecular complexity index is 722. The highest BCUT2D eigenvalue weighted by molar-refractivity contribution is 5.02. The highest BCUT2D eigenvalue weighted by Gasteiger charge is 2.65. The first-order valence-electron chi connectivity index (χ1n) is 12.2. The lowest BCUT2D eigenvalue weighted by atomic mass is 9.94. The van der Waals surface area contributed by atoms with E-state index in [9.17, 15) is 10.2 Å². The van der Waals surface area contributed by atoms with E-state index < -0.39 is 73.4 Å². The molecule has 0 aromatic heterocycles. The van der Waals surface area contributed by atoms with Crippen molar-refractivity contribution in [3.8, 4) is 0 Å². The van der Waals surface area contributed by atoms with Gasteiger partial charge in [0.05, 0.1) is 0 Å². The van der Waals surface area contributed by atoms with Crippen molar-refractivity contribution in [1.29, 1.82) is 0 Å². The normalized spacial score (nSPS) is 53.4. The van der Waals surface area contributed by atoms with Gasteiger partial charge in [-0.3, -0.25) is 0 Å². The van der Waals surface area contributed by atoms with Crippen LogP contribution in [0.15, 0.2) is 0 Å². The maximum absolute atomic E-state index is 11.0. The van der Waals surface area contributed by atoms with Crippen LogP contribution in [-0.2, 0) is 37.9 Å². The third-order valence-electron chi connectivity index (χ3n) is 8.15. The number of hydrogen-bond acceptors (Lipinski definition) is 10. The summed E-state index contributed by atoms with van der Waals surface area (Å²) in [6.45, 7) is 0. The summed E-state index contributed by atoms with van der Waals surface area (Å²) >= 11 is 0. The Kier molecular flexibility index (Phi) is 4.94. The fourth-order valence-corrected chi connectivity index (χ4v) is 6.54. The second-order valence-corrected chi connectivity index (χ2v) is 10.3. The maximum atomic E-state index is 11.0. The molecule has 2 spiro atoms. The molecule has 180 valence electrons. The minimum absolute atomic E-state index is 0.463. The molecule has 0 bridgehead atoms. The van der Waals surface area contributed by atoms with Crippen molar-refractivity contribution in [2.45, 2.75) is 138 Å². The van der Waals surface area contributed by atoms with Gasteiger partial charge in [-0.25, -0.2) is 0 Å². The third kappa shape index (κ3) is 3.16. The van der Waals surface area contributed by atoms with Crippen LogP contribution in [0.2, 0.25) is 0 Å². The second-order valence-electron chi connectivity index (χ2n) is 10.3. The Labute approximate surface area is 186 Å². The van der Waals surface area contributed by atoms with E-state index in [-0.39, 0.29) is 0 Å². The number of hydrogen-bond donors (Lipinski definition) is 2. The Morgan fingerprint density at radius 2 is 1.00 bits per heavy atom. The number of ether oxygens (including phenoxy) is 8. The van der Waals surface area contributed by atoms with E-state index in [1.54, 1.807) is 0 Å². The van der Waals surface area contributed by atoms with Crippen molar-refractivity contribution >= 4 is 0 Å². The zero-order valence-corrected chi connectivity index (χ0v) is 18.0. The third-order valence-corrected chi connectivity index (χ3v) is 8.15. The van der Waals surface area contributed by atoms with Crippen LogP contribution >= 0.6 is 0 Å². The number of rotatable bonds is 1. The molecule has 2 N–H and O–H groups in total. The highest BCUT2D eigenvalue weighted by atomic mass is 16.9. The van der Waals surface area contributed by atoms with Crippen LogP contribution in [0.3, 0.4) is 0 Å². The van der Waals surface area contributed by atoms with Gasteiger partial charge in [-0.1, -0.05) is 12.8 Å². The first-order chi connectivity index (χ1) is 15.5. The molecule has 32 heavy (non-hydrogen) atoms. The van der Waals surface area contributed by atoms with Crippen molar-refractivity contribution in [3.05, 3.63) is 0 Å². The molecule has 10 heteroatoms. The molecule has 0 aromatic carbocycles. The number of fused-ring (bicyclic) bond motifs is 4. The largest absolute Gasteiger partial charge is 0.387 e. The average Bonchev–Trinajstić information content (AvgIpc) is 3.49. The van der Waals surface area contributed by atoms with Crippen LogP contribution in [0.4, 0.5) is 0 Å². The SMILES string of the molecule is O[C@H]1[C@@H]([C@H]2O[C@@H]3[C@H]4OC5(CCCCC5)O[C@H]4O[C@@H]3[C@@H](O)O2)O[C@@H]2OC3(CCCCC3)O[C@@H]21. The lowest BCUT2D eigenvalue weighted by Crippen LogP contribution is -2.57. The molecule has 0 radical (unpaired) electrons. The molecule has 0 amide bonds. The summed E-state index contributed by atoms with van der Waals surface area (Å²) in [7, 11) is 0. The van der Waals surface area contributed by atoms with E-state index in [1.807, 2.05) is 0 Å². The first kappa shape index (κ1) is 20.9. The van der Waals surface area contributed by atoms with Gasteiger partial charge in [0.25, 0.3) is 0 Å². The Hall–Kier alpha value is -0.400. The van der Waals surface area contributed by atoms with Gasteiger partial charge < -0.3 is 48.1 Å². The van der Waals surface area contributed by atoms with Gasteiger partial charge in [0, 0.05) is 25.7 Å². The van der Waals surface area contributed by atoms with Gasteiger partial charge in [0.1, 0.15) is 36.6 Å². The van der Waals surface area contributed by atoms with Crippen LogP contribution in [0.1, 0.15) is 64.2 Å². The molecule has 5 heterocycles. The molecule has 10 atom stereocenters. The van der Waals surface area contributed by atoms with Gasteiger partial charge >= 0.3 is 0 Å². The fourth-order valence-electron chi connectivity index (χ4n) is 6.54. The molecule has 7 fully saturated rings. The summed E-state index contributed by atoms with van der Waals surface area (Å²) in [6.07, 6.45) is 2.00. The van der Waals surface area contributed by atoms with Gasteiger partial charge in [0.15, 0.2) is 36.7 Å². The molecule has 7 rings (SSSR count). The molecule has 10 nitrogen and oxygen atoms in total. The van der Waals surface area contributed by atoms with Crippen LogP contribution in [-0.4, -0.2) is 83.6 Å². The van der Waals surface area contributed by atoms with E-state index in [4.69, 9.17) is 37.9 Å². The summed E-state index contributed by atoms with van der Waals surface area (Å²) in [5.41, 5.74) is 0. The molecule has 5 saturated heterocycles. The summed E-state index contributed by atoms with van der Waals surface area (Å²) in [5.74, 6) is -1.29. The standard InChI is InChI=1S/C22H32O10/c23-11-12(25-19-13(11)29-21(31-19)7-3-1-4-8-21)18-26-14-15(17(24)28-18)27-20-16(14)30-22(32-20)9-5-2-6-10-22/h11-20,23-24H,1-10H2/t11-,12-,13+,14-,15-,16+,17-,18-,19+,20+/m0/s1. The quantitative estimate of drug-likeness (QED) is 0.592. The number of aliphatic hydroxyl groups excluding tert-OH is 2. The molecule has 2 aliphatic carbocycles. The van der Waals surface area contributed by atoms with Crippen LogP contribution < -0.4 is 0 Å². The van der Waals surface area contributed by atoms with Gasteiger partial charge in [0.2, 0.25) is 0 Å². The van der Waals surface area contributed by atoms with E-state index >= 15 is 0 Å².